The van der Waals surface area contributed by atoms with Crippen molar-refractivity contribution in [1.82, 2.24) is 24.5 Å². The minimum Gasteiger partial charge on any atom is -0.471 e. The highest BCUT2D eigenvalue weighted by Crippen LogP contribution is 2.19. The van der Waals surface area contributed by atoms with Crippen LogP contribution < -0.4 is 10.1 Å². The third-order valence-corrected chi connectivity index (χ3v) is 4.62. The fraction of sp³-hybridized carbons (Fsp3) is 0.182. The number of rotatable bonds is 7. The van der Waals surface area contributed by atoms with Crippen molar-refractivity contribution in [2.24, 2.45) is 0 Å². The molecule has 2 aromatic heterocycles. The standard InChI is InChI=1S/C22H21FN6O2/c1-15-7-8-16(2)20(11-15)31-14-28-10-9-19(26-28)21(30)25-22-24-13-29(27-22)12-17-5-3-4-6-18(17)23/h3-11,13H,12,14H2,1-2H3,(H,25,27,30). The van der Waals surface area contributed by atoms with Gasteiger partial charge in [-0.3, -0.25) is 10.1 Å². The highest BCUT2D eigenvalue weighted by Gasteiger charge is 2.13. The highest BCUT2D eigenvalue weighted by atomic mass is 19.1. The number of amides is 1. The van der Waals surface area contributed by atoms with Crippen molar-refractivity contribution < 1.29 is 13.9 Å². The van der Waals surface area contributed by atoms with Gasteiger partial charge in [-0.05, 0) is 43.2 Å². The number of anilines is 1. The molecule has 0 radical (unpaired) electrons. The maximum Gasteiger partial charge on any atom is 0.278 e. The zero-order valence-electron chi connectivity index (χ0n) is 17.1. The van der Waals surface area contributed by atoms with Gasteiger partial charge in [-0.25, -0.2) is 18.7 Å². The summed E-state index contributed by atoms with van der Waals surface area (Å²) >= 11 is 0. The minimum atomic E-state index is -0.450. The van der Waals surface area contributed by atoms with Crippen molar-refractivity contribution in [3.63, 3.8) is 0 Å². The number of nitrogens with zero attached hydrogens (tertiary/aromatic N) is 5. The monoisotopic (exact) mass is 420 g/mol. The van der Waals surface area contributed by atoms with E-state index >= 15 is 0 Å². The minimum absolute atomic E-state index is 0.113. The number of hydrogen-bond acceptors (Lipinski definition) is 5. The summed E-state index contributed by atoms with van der Waals surface area (Å²) in [7, 11) is 0. The summed E-state index contributed by atoms with van der Waals surface area (Å²) < 4.78 is 22.5. The number of carbonyl (C=O) groups is 1. The number of carbonyl (C=O) groups excluding carboxylic acids is 1. The zero-order valence-corrected chi connectivity index (χ0v) is 17.1. The molecule has 0 saturated carbocycles. The molecule has 31 heavy (non-hydrogen) atoms. The summed E-state index contributed by atoms with van der Waals surface area (Å²) in [6, 6.07) is 14.0. The Labute approximate surface area is 178 Å². The van der Waals surface area contributed by atoms with Crippen LogP contribution in [0.5, 0.6) is 5.75 Å². The van der Waals surface area contributed by atoms with Gasteiger partial charge in [-0.2, -0.15) is 5.10 Å². The first kappa shape index (κ1) is 20.3. The summed E-state index contributed by atoms with van der Waals surface area (Å²) in [5.41, 5.74) is 2.80. The van der Waals surface area contributed by atoms with E-state index in [1.807, 2.05) is 32.0 Å². The quantitative estimate of drug-likeness (QED) is 0.494. The first-order chi connectivity index (χ1) is 15.0. The van der Waals surface area contributed by atoms with Crippen molar-refractivity contribution >= 4 is 11.9 Å². The zero-order chi connectivity index (χ0) is 21.8. The second-order valence-corrected chi connectivity index (χ2v) is 7.09. The molecular formula is C22H21FN6O2. The molecule has 2 aromatic carbocycles. The summed E-state index contributed by atoms with van der Waals surface area (Å²) in [5, 5.41) is 11.0. The van der Waals surface area contributed by atoms with Crippen LogP contribution in [0.3, 0.4) is 0 Å². The Kier molecular flexibility index (Phi) is 5.74. The molecule has 9 heteroatoms. The fourth-order valence-electron chi connectivity index (χ4n) is 2.95. The number of hydrogen-bond donors (Lipinski definition) is 1. The average molecular weight is 420 g/mol. The van der Waals surface area contributed by atoms with E-state index in [4.69, 9.17) is 4.74 Å². The number of halogens is 1. The Bertz CT molecular complexity index is 1220. The van der Waals surface area contributed by atoms with Crippen LogP contribution >= 0.6 is 0 Å². The predicted octanol–water partition coefficient (Wildman–Crippen LogP) is 3.57. The van der Waals surface area contributed by atoms with Crippen LogP contribution in [0.2, 0.25) is 0 Å². The molecule has 4 rings (SSSR count). The van der Waals surface area contributed by atoms with Crippen molar-refractivity contribution in [2.75, 3.05) is 5.32 Å². The number of ether oxygens (including phenoxy) is 1. The van der Waals surface area contributed by atoms with E-state index in [0.29, 0.717) is 5.56 Å². The lowest BCUT2D eigenvalue weighted by Crippen LogP contribution is -2.15. The van der Waals surface area contributed by atoms with Crippen LogP contribution in [0.4, 0.5) is 10.3 Å². The Morgan fingerprint density at radius 1 is 1.10 bits per heavy atom. The van der Waals surface area contributed by atoms with Crippen molar-refractivity contribution in [2.45, 2.75) is 27.1 Å². The van der Waals surface area contributed by atoms with E-state index in [2.05, 4.69) is 20.5 Å². The van der Waals surface area contributed by atoms with Crippen LogP contribution in [0.15, 0.2) is 61.1 Å². The number of aromatic nitrogens is 5. The van der Waals surface area contributed by atoms with E-state index < -0.39 is 5.91 Å². The third kappa shape index (κ3) is 4.95. The van der Waals surface area contributed by atoms with Gasteiger partial charge in [0.2, 0.25) is 5.95 Å². The fourth-order valence-corrected chi connectivity index (χ4v) is 2.95. The van der Waals surface area contributed by atoms with Gasteiger partial charge in [0.15, 0.2) is 12.4 Å². The Balaban J connectivity index is 1.35. The second-order valence-electron chi connectivity index (χ2n) is 7.09. The van der Waals surface area contributed by atoms with Crippen molar-refractivity contribution in [3.8, 4) is 5.75 Å². The number of aryl methyl sites for hydroxylation is 2. The van der Waals surface area contributed by atoms with Crippen molar-refractivity contribution in [1.29, 1.82) is 0 Å². The maximum absolute atomic E-state index is 13.8. The lowest BCUT2D eigenvalue weighted by Gasteiger charge is -2.09. The van der Waals surface area contributed by atoms with E-state index in [1.54, 1.807) is 30.5 Å². The summed E-state index contributed by atoms with van der Waals surface area (Å²) in [5.74, 6) is 0.111. The normalized spacial score (nSPS) is 10.8. The summed E-state index contributed by atoms with van der Waals surface area (Å²) in [6.45, 7) is 4.34. The van der Waals surface area contributed by atoms with E-state index in [0.717, 1.165) is 16.9 Å². The third-order valence-electron chi connectivity index (χ3n) is 4.62. The largest absolute Gasteiger partial charge is 0.471 e. The smallest absolute Gasteiger partial charge is 0.278 e. The molecule has 0 bridgehead atoms. The van der Waals surface area contributed by atoms with Gasteiger partial charge in [-0.15, -0.1) is 5.10 Å². The SMILES string of the molecule is Cc1ccc(C)c(OCn2ccc(C(=O)Nc3ncn(Cc4ccccc4F)n3)n2)c1. The molecule has 4 aromatic rings. The predicted molar refractivity (Wildman–Crippen MR) is 112 cm³/mol. The second kappa shape index (κ2) is 8.78. The molecule has 1 N–H and O–H groups in total. The molecule has 0 aliphatic rings. The van der Waals surface area contributed by atoms with Crippen LogP contribution in [0.25, 0.3) is 0 Å². The molecule has 0 atom stereocenters. The average Bonchev–Trinajstić information content (AvgIpc) is 3.40. The molecule has 0 aliphatic heterocycles. The number of nitrogens with one attached hydrogen (secondary N) is 1. The van der Waals surface area contributed by atoms with E-state index in [1.165, 1.54) is 21.8 Å². The molecule has 0 aliphatic carbocycles. The first-order valence-corrected chi connectivity index (χ1v) is 9.65. The summed E-state index contributed by atoms with van der Waals surface area (Å²) in [4.78, 5) is 16.5. The lowest BCUT2D eigenvalue weighted by molar-refractivity contribution is 0.101. The molecule has 0 spiro atoms. The van der Waals surface area contributed by atoms with Crippen LogP contribution in [-0.4, -0.2) is 30.5 Å². The van der Waals surface area contributed by atoms with E-state index in [9.17, 15) is 9.18 Å². The molecule has 8 nitrogen and oxygen atoms in total. The molecule has 0 unspecified atom stereocenters. The van der Waals surface area contributed by atoms with Gasteiger partial charge in [-0.1, -0.05) is 30.3 Å². The van der Waals surface area contributed by atoms with Gasteiger partial charge in [0.25, 0.3) is 5.91 Å². The highest BCUT2D eigenvalue weighted by molar-refractivity contribution is 6.01. The van der Waals surface area contributed by atoms with Crippen molar-refractivity contribution in [3.05, 3.63) is 89.3 Å². The molecule has 0 fully saturated rings. The Morgan fingerprint density at radius 3 is 2.77 bits per heavy atom. The topological polar surface area (TPSA) is 86.9 Å². The van der Waals surface area contributed by atoms with E-state index in [-0.39, 0.29) is 30.7 Å². The summed E-state index contributed by atoms with van der Waals surface area (Å²) in [6.07, 6.45) is 3.09. The molecule has 2 heterocycles. The first-order valence-electron chi connectivity index (χ1n) is 9.65. The van der Waals surface area contributed by atoms with Crippen LogP contribution in [0.1, 0.15) is 27.2 Å². The molecular weight excluding hydrogens is 399 g/mol. The maximum atomic E-state index is 13.8. The molecule has 0 saturated heterocycles. The van der Waals surface area contributed by atoms with Crippen LogP contribution in [0, 0.1) is 19.7 Å². The van der Waals surface area contributed by atoms with Gasteiger partial charge in [0, 0.05) is 11.8 Å². The number of benzene rings is 2. The van der Waals surface area contributed by atoms with Gasteiger partial charge < -0.3 is 4.74 Å². The van der Waals surface area contributed by atoms with Gasteiger partial charge in [0.1, 0.15) is 17.9 Å². The molecule has 1 amide bonds. The van der Waals surface area contributed by atoms with Crippen LogP contribution in [-0.2, 0) is 13.3 Å². The Morgan fingerprint density at radius 2 is 1.94 bits per heavy atom. The van der Waals surface area contributed by atoms with Gasteiger partial charge >= 0.3 is 0 Å². The van der Waals surface area contributed by atoms with Gasteiger partial charge in [0.05, 0.1) is 6.54 Å². The Hall–Kier alpha value is -4.01. The molecule has 158 valence electrons. The lowest BCUT2D eigenvalue weighted by atomic mass is 10.1.